The molecule has 0 aromatic carbocycles. The van der Waals surface area contributed by atoms with Crippen LogP contribution in [0.15, 0.2) is 30.0 Å². The van der Waals surface area contributed by atoms with Gasteiger partial charge in [0.25, 0.3) is 0 Å². The minimum absolute atomic E-state index is 0.0862. The first-order valence-electron chi connectivity index (χ1n) is 7.27. The first-order valence-corrected chi connectivity index (χ1v) is 8.15. The number of carbonyl (C=O) groups is 1. The van der Waals surface area contributed by atoms with Crippen molar-refractivity contribution in [2.45, 2.75) is 0 Å². The van der Waals surface area contributed by atoms with E-state index in [2.05, 4.69) is 31.2 Å². The predicted octanol–water partition coefficient (Wildman–Crippen LogP) is 1.17. The first-order chi connectivity index (χ1) is 11.3. The fraction of sp³-hybridized carbons (Fsp3) is 0.333. The molecule has 118 valence electrons. The van der Waals surface area contributed by atoms with Crippen LogP contribution < -0.4 is 10.2 Å². The minimum Gasteiger partial charge on any atom is -0.353 e. The molecular weight excluding hydrogens is 312 g/mol. The quantitative estimate of drug-likeness (QED) is 0.907. The van der Waals surface area contributed by atoms with Crippen LogP contribution in [-0.2, 0) is 4.79 Å². The Hall–Kier alpha value is -2.50. The zero-order valence-corrected chi connectivity index (χ0v) is 13.3. The molecule has 0 saturated carbocycles. The molecular formula is C15H16N6OS. The second-order valence-corrected chi connectivity index (χ2v) is 6.07. The maximum absolute atomic E-state index is 12.1. The third-order valence-electron chi connectivity index (χ3n) is 3.65. The van der Waals surface area contributed by atoms with Crippen molar-refractivity contribution >= 4 is 28.1 Å². The van der Waals surface area contributed by atoms with Crippen molar-refractivity contribution < 1.29 is 4.79 Å². The van der Waals surface area contributed by atoms with Gasteiger partial charge in [0, 0.05) is 38.6 Å². The molecule has 1 fully saturated rings. The molecule has 0 radical (unpaired) electrons. The molecule has 23 heavy (non-hydrogen) atoms. The van der Waals surface area contributed by atoms with Crippen LogP contribution in [0.25, 0.3) is 0 Å². The smallest absolute Gasteiger partial charge is 0.239 e. The lowest BCUT2D eigenvalue weighted by atomic mass is 10.3. The summed E-state index contributed by atoms with van der Waals surface area (Å²) < 4.78 is 0. The van der Waals surface area contributed by atoms with Crippen molar-refractivity contribution in [3.63, 3.8) is 0 Å². The van der Waals surface area contributed by atoms with Crippen LogP contribution in [0.4, 0.5) is 10.8 Å². The van der Waals surface area contributed by atoms with Crippen LogP contribution in [0, 0.1) is 11.3 Å². The standard InChI is InChI=1S/C15H16N6OS/c16-9-12-1-8-23-15(12)19-14(22)11-20-4-6-21(7-5-20)13-10-17-2-3-18-13/h1-3,8,10H,4-7,11H2,(H,19,22). The number of thiophene rings is 1. The number of hydrogen-bond donors (Lipinski definition) is 1. The van der Waals surface area contributed by atoms with Gasteiger partial charge in [-0.1, -0.05) is 0 Å². The van der Waals surface area contributed by atoms with E-state index in [-0.39, 0.29) is 5.91 Å². The fourth-order valence-electron chi connectivity index (χ4n) is 2.45. The highest BCUT2D eigenvalue weighted by Crippen LogP contribution is 2.22. The van der Waals surface area contributed by atoms with Crippen LogP contribution in [-0.4, -0.2) is 53.5 Å². The SMILES string of the molecule is N#Cc1ccsc1NC(=O)CN1CCN(c2cnccn2)CC1. The van der Waals surface area contributed by atoms with E-state index in [1.807, 2.05) is 0 Å². The number of piperazine rings is 1. The van der Waals surface area contributed by atoms with Gasteiger partial charge in [-0.05, 0) is 11.4 Å². The lowest BCUT2D eigenvalue weighted by molar-refractivity contribution is -0.117. The van der Waals surface area contributed by atoms with Gasteiger partial charge in [-0.3, -0.25) is 14.7 Å². The molecule has 0 atom stereocenters. The van der Waals surface area contributed by atoms with Crippen molar-refractivity contribution in [2.75, 3.05) is 42.9 Å². The van der Waals surface area contributed by atoms with E-state index in [1.54, 1.807) is 30.0 Å². The fourth-order valence-corrected chi connectivity index (χ4v) is 3.21. The van der Waals surface area contributed by atoms with E-state index in [1.165, 1.54) is 11.3 Å². The van der Waals surface area contributed by atoms with Gasteiger partial charge in [-0.2, -0.15) is 5.26 Å². The molecule has 2 aromatic rings. The average molecular weight is 328 g/mol. The summed E-state index contributed by atoms with van der Waals surface area (Å²) in [7, 11) is 0. The van der Waals surface area contributed by atoms with Crippen LogP contribution >= 0.6 is 11.3 Å². The molecule has 7 nitrogen and oxygen atoms in total. The molecule has 0 spiro atoms. The molecule has 0 unspecified atom stereocenters. The highest BCUT2D eigenvalue weighted by molar-refractivity contribution is 7.14. The Morgan fingerprint density at radius 1 is 1.35 bits per heavy atom. The number of nitriles is 1. The van der Waals surface area contributed by atoms with E-state index in [4.69, 9.17) is 5.26 Å². The third kappa shape index (κ3) is 3.83. The minimum atomic E-state index is -0.0862. The van der Waals surface area contributed by atoms with Gasteiger partial charge < -0.3 is 10.2 Å². The summed E-state index contributed by atoms with van der Waals surface area (Å²) in [4.78, 5) is 24.7. The van der Waals surface area contributed by atoms with Gasteiger partial charge in [0.15, 0.2) is 0 Å². The molecule has 3 rings (SSSR count). The van der Waals surface area contributed by atoms with Gasteiger partial charge >= 0.3 is 0 Å². The summed E-state index contributed by atoms with van der Waals surface area (Å²) in [5.41, 5.74) is 0.510. The zero-order valence-electron chi connectivity index (χ0n) is 12.5. The van der Waals surface area contributed by atoms with Gasteiger partial charge in [0.2, 0.25) is 5.91 Å². The Balaban J connectivity index is 1.49. The Labute approximate surface area is 138 Å². The average Bonchev–Trinajstić information content (AvgIpc) is 3.03. The normalized spacial score (nSPS) is 15.2. The summed E-state index contributed by atoms with van der Waals surface area (Å²) in [5.74, 6) is 0.783. The van der Waals surface area contributed by atoms with Crippen molar-refractivity contribution in [3.05, 3.63) is 35.6 Å². The molecule has 0 bridgehead atoms. The number of nitrogens with one attached hydrogen (secondary N) is 1. The third-order valence-corrected chi connectivity index (χ3v) is 4.48. The van der Waals surface area contributed by atoms with E-state index < -0.39 is 0 Å². The molecule has 2 aromatic heterocycles. The van der Waals surface area contributed by atoms with E-state index in [9.17, 15) is 4.79 Å². The van der Waals surface area contributed by atoms with Crippen LogP contribution in [0.1, 0.15) is 5.56 Å². The molecule has 1 aliphatic heterocycles. The number of aromatic nitrogens is 2. The second kappa shape index (κ2) is 7.17. The lowest BCUT2D eigenvalue weighted by Gasteiger charge is -2.34. The van der Waals surface area contributed by atoms with Crippen molar-refractivity contribution in [3.8, 4) is 6.07 Å². The molecule has 3 heterocycles. The Morgan fingerprint density at radius 3 is 2.87 bits per heavy atom. The maximum Gasteiger partial charge on any atom is 0.239 e. The number of amides is 1. The van der Waals surface area contributed by atoms with Gasteiger partial charge in [0.1, 0.15) is 16.9 Å². The van der Waals surface area contributed by atoms with E-state index in [0.29, 0.717) is 17.1 Å². The summed E-state index contributed by atoms with van der Waals surface area (Å²) in [6.45, 7) is 3.54. The maximum atomic E-state index is 12.1. The van der Waals surface area contributed by atoms with Gasteiger partial charge in [-0.15, -0.1) is 11.3 Å². The molecule has 1 N–H and O–H groups in total. The molecule has 0 aliphatic carbocycles. The molecule has 1 amide bonds. The topological polar surface area (TPSA) is 85.2 Å². The largest absolute Gasteiger partial charge is 0.353 e. The monoisotopic (exact) mass is 328 g/mol. The van der Waals surface area contributed by atoms with Crippen LogP contribution in [0.5, 0.6) is 0 Å². The Morgan fingerprint density at radius 2 is 2.17 bits per heavy atom. The summed E-state index contributed by atoms with van der Waals surface area (Å²) >= 11 is 1.37. The number of rotatable bonds is 4. The summed E-state index contributed by atoms with van der Waals surface area (Å²) in [5, 5.41) is 14.2. The van der Waals surface area contributed by atoms with Crippen molar-refractivity contribution in [2.24, 2.45) is 0 Å². The lowest BCUT2D eigenvalue weighted by Crippen LogP contribution is -2.48. The highest BCUT2D eigenvalue weighted by atomic mass is 32.1. The Bertz CT molecular complexity index is 702. The summed E-state index contributed by atoms with van der Waals surface area (Å²) in [6, 6.07) is 3.78. The highest BCUT2D eigenvalue weighted by Gasteiger charge is 2.20. The van der Waals surface area contributed by atoms with Crippen molar-refractivity contribution in [1.29, 1.82) is 5.26 Å². The van der Waals surface area contributed by atoms with Crippen LogP contribution in [0.3, 0.4) is 0 Å². The molecule has 8 heteroatoms. The molecule has 1 aliphatic rings. The van der Waals surface area contributed by atoms with Crippen molar-refractivity contribution in [1.82, 2.24) is 14.9 Å². The van der Waals surface area contributed by atoms with Gasteiger partial charge in [0.05, 0.1) is 18.3 Å². The number of hydrogen-bond acceptors (Lipinski definition) is 7. The Kier molecular flexibility index (Phi) is 4.80. The summed E-state index contributed by atoms with van der Waals surface area (Å²) in [6.07, 6.45) is 5.09. The predicted molar refractivity (Wildman–Crippen MR) is 88.3 cm³/mol. The van der Waals surface area contributed by atoms with Gasteiger partial charge in [-0.25, -0.2) is 4.98 Å². The van der Waals surface area contributed by atoms with E-state index in [0.717, 1.165) is 32.0 Å². The second-order valence-electron chi connectivity index (χ2n) is 5.15. The van der Waals surface area contributed by atoms with Crippen LogP contribution in [0.2, 0.25) is 0 Å². The number of carbonyl (C=O) groups excluding carboxylic acids is 1. The van der Waals surface area contributed by atoms with E-state index >= 15 is 0 Å². The number of nitrogens with zero attached hydrogens (tertiary/aromatic N) is 5. The zero-order chi connectivity index (χ0) is 16.1. The number of anilines is 2. The molecule has 1 saturated heterocycles. The first kappa shape index (κ1) is 15.4.